The van der Waals surface area contributed by atoms with Crippen LogP contribution in [0, 0.1) is 0 Å². The maximum Gasteiger partial charge on any atom is 0.243 e. The predicted octanol–water partition coefficient (Wildman–Crippen LogP) is 4.44. The topological polar surface area (TPSA) is 42.9 Å². The van der Waals surface area contributed by atoms with Crippen molar-refractivity contribution in [1.29, 1.82) is 0 Å². The van der Waals surface area contributed by atoms with E-state index in [9.17, 15) is 4.21 Å². The molecule has 0 fully saturated rings. The molecule has 1 aromatic rings. The summed E-state index contributed by atoms with van der Waals surface area (Å²) >= 11 is 18.1. The van der Waals surface area contributed by atoms with Crippen LogP contribution in [0.3, 0.4) is 0 Å². The first-order chi connectivity index (χ1) is 8.45. The molecular weight excluding hydrogens is 335 g/mol. The van der Waals surface area contributed by atoms with Gasteiger partial charge in [-0.2, -0.15) is 0 Å². The van der Waals surface area contributed by atoms with Crippen LogP contribution in [0.1, 0.15) is 44.0 Å². The number of alkyl halides is 3. The van der Waals surface area contributed by atoms with Gasteiger partial charge in [-0.25, -0.2) is 0 Å². The zero-order chi connectivity index (χ0) is 13.6. The highest BCUT2D eigenvalue weighted by Crippen LogP contribution is 2.40. The summed E-state index contributed by atoms with van der Waals surface area (Å²) in [5, 5.41) is 7.82. The highest BCUT2D eigenvalue weighted by atomic mass is 35.6. The van der Waals surface area contributed by atoms with Crippen LogP contribution >= 0.6 is 46.1 Å². The van der Waals surface area contributed by atoms with Crippen LogP contribution < -0.4 is 0 Å². The van der Waals surface area contributed by atoms with Crippen LogP contribution in [-0.2, 0) is 14.6 Å². The first-order valence-electron chi connectivity index (χ1n) is 5.74. The summed E-state index contributed by atoms with van der Waals surface area (Å²) < 4.78 is 10.8. The number of hydrogen-bond acceptors (Lipinski definition) is 4. The van der Waals surface area contributed by atoms with E-state index in [2.05, 4.69) is 17.1 Å². The molecule has 0 aromatic carbocycles. The quantitative estimate of drug-likeness (QED) is 0.540. The van der Waals surface area contributed by atoms with E-state index in [1.165, 1.54) is 19.3 Å². The second-order valence-electron chi connectivity index (χ2n) is 3.83. The average molecular weight is 350 g/mol. The summed E-state index contributed by atoms with van der Waals surface area (Å²) in [5.74, 6) is 0.595. The second-order valence-corrected chi connectivity index (χ2v) is 8.84. The van der Waals surface area contributed by atoms with Gasteiger partial charge in [-0.05, 0) is 6.42 Å². The minimum atomic E-state index is -1.58. The SMILES string of the molecule is CCCCCCCS(=O)c1nnc(C(Cl)(Cl)Cl)s1. The third-order valence-electron chi connectivity index (χ3n) is 2.28. The molecule has 0 radical (unpaired) electrons. The minimum absolute atomic E-state index is 0.266. The molecule has 3 nitrogen and oxygen atoms in total. The summed E-state index contributed by atoms with van der Waals surface area (Å²) in [4.78, 5) is 0. The van der Waals surface area contributed by atoms with Crippen molar-refractivity contribution in [3.63, 3.8) is 0 Å². The molecular formula is C10H15Cl3N2OS2. The van der Waals surface area contributed by atoms with Gasteiger partial charge < -0.3 is 0 Å². The molecule has 1 heterocycles. The van der Waals surface area contributed by atoms with Gasteiger partial charge in [-0.3, -0.25) is 4.21 Å². The summed E-state index contributed by atoms with van der Waals surface area (Å²) in [5.41, 5.74) is 0. The van der Waals surface area contributed by atoms with Gasteiger partial charge in [0.25, 0.3) is 0 Å². The lowest BCUT2D eigenvalue weighted by Gasteiger charge is -2.03. The normalized spacial score (nSPS) is 13.8. The summed E-state index contributed by atoms with van der Waals surface area (Å²) in [6, 6.07) is 0. The Morgan fingerprint density at radius 3 is 2.39 bits per heavy atom. The van der Waals surface area contributed by atoms with Gasteiger partial charge in [0.1, 0.15) is 0 Å². The number of hydrogen-bond donors (Lipinski definition) is 0. The molecule has 0 saturated heterocycles. The molecule has 1 rings (SSSR count). The summed E-state index contributed by atoms with van der Waals surface area (Å²) in [6.45, 7) is 2.16. The summed E-state index contributed by atoms with van der Waals surface area (Å²) in [6.07, 6.45) is 5.63. The van der Waals surface area contributed by atoms with Crippen LogP contribution in [0.2, 0.25) is 0 Å². The van der Waals surface area contributed by atoms with E-state index in [-0.39, 0.29) is 5.01 Å². The third-order valence-corrected chi connectivity index (χ3v) is 5.93. The molecule has 18 heavy (non-hydrogen) atoms. The lowest BCUT2D eigenvalue weighted by atomic mass is 10.2. The summed E-state index contributed by atoms with van der Waals surface area (Å²) in [7, 11) is -1.13. The van der Waals surface area contributed by atoms with Crippen LogP contribution in [0.25, 0.3) is 0 Å². The Morgan fingerprint density at radius 2 is 1.83 bits per heavy atom. The molecule has 0 aliphatic carbocycles. The fraction of sp³-hybridized carbons (Fsp3) is 0.800. The van der Waals surface area contributed by atoms with Crippen molar-refractivity contribution in [3.05, 3.63) is 5.01 Å². The molecule has 104 valence electrons. The Bertz CT molecular complexity index is 393. The van der Waals surface area contributed by atoms with Crippen LogP contribution in [0.15, 0.2) is 4.34 Å². The predicted molar refractivity (Wildman–Crippen MR) is 79.2 cm³/mol. The molecule has 1 aromatic heterocycles. The van der Waals surface area contributed by atoms with Crippen molar-refractivity contribution in [1.82, 2.24) is 10.2 Å². The Hall–Kier alpha value is 0.580. The van der Waals surface area contributed by atoms with Crippen LogP contribution in [0.5, 0.6) is 0 Å². The number of rotatable bonds is 7. The fourth-order valence-electron chi connectivity index (χ4n) is 1.34. The van der Waals surface area contributed by atoms with Crippen LogP contribution in [0.4, 0.5) is 0 Å². The highest BCUT2D eigenvalue weighted by Gasteiger charge is 2.28. The molecule has 0 aliphatic rings. The standard InChI is InChI=1S/C10H15Cl3N2OS2/c1-2-3-4-5-6-7-18(16)9-15-14-8(17-9)10(11,12)13/h2-7H2,1H3. The number of nitrogens with zero attached hydrogens (tertiary/aromatic N) is 2. The van der Waals surface area contributed by atoms with Gasteiger partial charge in [0.15, 0.2) is 5.01 Å². The average Bonchev–Trinajstić information content (AvgIpc) is 2.77. The van der Waals surface area contributed by atoms with E-state index in [0.29, 0.717) is 10.1 Å². The number of halogens is 3. The Balaban J connectivity index is 2.40. The molecule has 1 unspecified atom stereocenters. The smallest absolute Gasteiger partial charge is 0.243 e. The van der Waals surface area contributed by atoms with E-state index in [0.717, 1.165) is 24.2 Å². The van der Waals surface area contributed by atoms with E-state index >= 15 is 0 Å². The Labute approximate surface area is 129 Å². The van der Waals surface area contributed by atoms with Crippen molar-refractivity contribution in [2.24, 2.45) is 0 Å². The maximum atomic E-state index is 11.9. The minimum Gasteiger partial charge on any atom is -0.252 e. The van der Waals surface area contributed by atoms with Crippen LogP contribution in [-0.4, -0.2) is 20.2 Å². The van der Waals surface area contributed by atoms with Gasteiger partial charge in [0.2, 0.25) is 8.13 Å². The largest absolute Gasteiger partial charge is 0.252 e. The molecule has 0 saturated carbocycles. The molecule has 0 aliphatic heterocycles. The third kappa shape index (κ3) is 5.70. The lowest BCUT2D eigenvalue weighted by Crippen LogP contribution is -1.98. The van der Waals surface area contributed by atoms with Gasteiger partial charge in [0, 0.05) is 5.75 Å². The first kappa shape index (κ1) is 16.6. The van der Waals surface area contributed by atoms with Crippen molar-refractivity contribution in [2.75, 3.05) is 5.75 Å². The molecule has 0 amide bonds. The molecule has 8 heteroatoms. The van der Waals surface area contributed by atoms with Gasteiger partial charge >= 0.3 is 0 Å². The van der Waals surface area contributed by atoms with E-state index in [1.54, 1.807) is 0 Å². The lowest BCUT2D eigenvalue weighted by molar-refractivity contribution is 0.647. The molecule has 0 N–H and O–H groups in total. The van der Waals surface area contributed by atoms with Crippen molar-refractivity contribution in [3.8, 4) is 0 Å². The van der Waals surface area contributed by atoms with Gasteiger partial charge in [0.05, 0.1) is 10.8 Å². The molecule has 1 atom stereocenters. The molecule has 0 bridgehead atoms. The zero-order valence-electron chi connectivity index (χ0n) is 10.00. The maximum absolute atomic E-state index is 11.9. The second kappa shape index (κ2) is 8.00. The van der Waals surface area contributed by atoms with Crippen molar-refractivity contribution >= 4 is 56.9 Å². The van der Waals surface area contributed by atoms with Crippen molar-refractivity contribution in [2.45, 2.75) is 47.2 Å². The zero-order valence-corrected chi connectivity index (χ0v) is 13.9. The van der Waals surface area contributed by atoms with E-state index in [1.807, 2.05) is 0 Å². The first-order valence-corrected chi connectivity index (χ1v) is 9.01. The monoisotopic (exact) mass is 348 g/mol. The molecule has 0 spiro atoms. The number of aromatic nitrogens is 2. The van der Waals surface area contributed by atoms with Gasteiger partial charge in [-0.1, -0.05) is 78.7 Å². The highest BCUT2D eigenvalue weighted by molar-refractivity contribution is 7.87. The van der Waals surface area contributed by atoms with E-state index < -0.39 is 14.6 Å². The van der Waals surface area contributed by atoms with Gasteiger partial charge in [-0.15, -0.1) is 10.2 Å². The fourth-order valence-corrected chi connectivity index (χ4v) is 3.88. The Morgan fingerprint density at radius 1 is 1.17 bits per heavy atom. The van der Waals surface area contributed by atoms with Crippen molar-refractivity contribution < 1.29 is 4.21 Å². The Kier molecular flexibility index (Phi) is 7.39. The van der Waals surface area contributed by atoms with E-state index in [4.69, 9.17) is 34.8 Å². The number of unbranched alkanes of at least 4 members (excludes halogenated alkanes) is 4.